The normalized spacial score (nSPS) is 20.6. The highest BCUT2D eigenvalue weighted by Gasteiger charge is 2.17. The summed E-state index contributed by atoms with van der Waals surface area (Å²) in [7, 11) is 0. The van der Waals surface area contributed by atoms with Gasteiger partial charge in [0.25, 0.3) is 0 Å². The maximum Gasteiger partial charge on any atom is 0.133 e. The summed E-state index contributed by atoms with van der Waals surface area (Å²) in [6, 6.07) is 0.384. The Morgan fingerprint density at radius 1 is 1.50 bits per heavy atom. The predicted molar refractivity (Wildman–Crippen MR) is 39.9 cm³/mol. The van der Waals surface area contributed by atoms with E-state index >= 15 is 0 Å². The number of hydrogen-bond acceptors (Lipinski definition) is 3. The molecular weight excluding hydrogens is 128 g/mol. The number of hydrogen-bond donors (Lipinski definition) is 1. The third-order valence-electron chi connectivity index (χ3n) is 1.82. The third-order valence-corrected chi connectivity index (χ3v) is 1.82. The number of hydrazone groups is 1. The van der Waals surface area contributed by atoms with Crippen molar-refractivity contribution in [2.24, 2.45) is 5.10 Å². The van der Waals surface area contributed by atoms with Crippen LogP contribution in [0.2, 0.25) is 0 Å². The van der Waals surface area contributed by atoms with E-state index in [1.54, 1.807) is 0 Å². The first-order valence-corrected chi connectivity index (χ1v) is 3.56. The molecule has 0 heterocycles. The zero-order chi connectivity index (χ0) is 7.40. The highest BCUT2D eigenvalue weighted by Crippen LogP contribution is 2.14. The summed E-state index contributed by atoms with van der Waals surface area (Å²) in [6.07, 6.45) is 3.23. The molecule has 0 bridgehead atoms. The Kier molecular flexibility index (Phi) is 2.42. The fourth-order valence-corrected chi connectivity index (χ4v) is 1.20. The van der Waals surface area contributed by atoms with E-state index in [4.69, 9.17) is 0 Å². The van der Waals surface area contributed by atoms with E-state index in [1.807, 2.05) is 0 Å². The van der Waals surface area contributed by atoms with Crippen LogP contribution >= 0.6 is 0 Å². The number of nitrogens with zero attached hydrogens (tertiary/aromatic N) is 1. The van der Waals surface area contributed by atoms with Crippen LogP contribution < -0.4 is 5.43 Å². The average molecular weight is 140 g/mol. The van der Waals surface area contributed by atoms with E-state index in [-0.39, 0.29) is 0 Å². The Morgan fingerprint density at radius 3 is 2.60 bits per heavy atom. The number of nitrogens with one attached hydrogen (secondary N) is 1. The number of carbonyl (C=O) groups excluding carboxylic acids is 1. The van der Waals surface area contributed by atoms with Crippen molar-refractivity contribution in [2.75, 3.05) is 0 Å². The van der Waals surface area contributed by atoms with Crippen molar-refractivity contribution in [3.05, 3.63) is 0 Å². The van der Waals surface area contributed by atoms with Crippen LogP contribution in [0.1, 0.15) is 25.7 Å². The van der Waals surface area contributed by atoms with E-state index in [1.165, 1.54) is 0 Å². The SMILES string of the molecule is C=NNC1CCC(=O)CC1. The molecule has 1 aliphatic rings. The van der Waals surface area contributed by atoms with Crippen molar-refractivity contribution < 1.29 is 4.79 Å². The van der Waals surface area contributed by atoms with E-state index in [0.29, 0.717) is 24.7 Å². The van der Waals surface area contributed by atoms with Crippen LogP contribution in [0.25, 0.3) is 0 Å². The van der Waals surface area contributed by atoms with Gasteiger partial charge in [-0.3, -0.25) is 4.79 Å². The zero-order valence-electron chi connectivity index (χ0n) is 5.97. The lowest BCUT2D eigenvalue weighted by Gasteiger charge is -2.19. The molecule has 3 nitrogen and oxygen atoms in total. The van der Waals surface area contributed by atoms with E-state index in [2.05, 4.69) is 17.2 Å². The molecule has 0 radical (unpaired) electrons. The van der Waals surface area contributed by atoms with Gasteiger partial charge < -0.3 is 5.43 Å². The van der Waals surface area contributed by atoms with E-state index < -0.39 is 0 Å². The first kappa shape index (κ1) is 7.25. The van der Waals surface area contributed by atoms with Crippen molar-refractivity contribution in [2.45, 2.75) is 31.7 Å². The summed E-state index contributed by atoms with van der Waals surface area (Å²) in [5.41, 5.74) is 2.87. The summed E-state index contributed by atoms with van der Waals surface area (Å²) >= 11 is 0. The molecule has 0 aliphatic heterocycles. The Labute approximate surface area is 60.5 Å². The second kappa shape index (κ2) is 3.34. The molecule has 0 aromatic heterocycles. The Morgan fingerprint density at radius 2 is 2.10 bits per heavy atom. The minimum absolute atomic E-state index is 0.377. The summed E-state index contributed by atoms with van der Waals surface area (Å²) in [4.78, 5) is 10.7. The minimum atomic E-state index is 0.377. The van der Waals surface area contributed by atoms with Gasteiger partial charge in [-0.15, -0.1) is 0 Å². The van der Waals surface area contributed by atoms with Gasteiger partial charge in [-0.2, -0.15) is 5.10 Å². The molecule has 1 rings (SSSR count). The Bertz CT molecular complexity index is 135. The second-order valence-electron chi connectivity index (χ2n) is 2.60. The Balaban J connectivity index is 2.25. The molecule has 1 aliphatic carbocycles. The molecular formula is C7H12N2O. The van der Waals surface area contributed by atoms with Crippen LogP contribution in [0, 0.1) is 0 Å². The van der Waals surface area contributed by atoms with Crippen molar-refractivity contribution in [3.8, 4) is 0 Å². The highest BCUT2D eigenvalue weighted by atomic mass is 16.1. The fraction of sp³-hybridized carbons (Fsp3) is 0.714. The predicted octanol–water partition coefficient (Wildman–Crippen LogP) is 0.703. The molecule has 1 N–H and O–H groups in total. The molecule has 56 valence electrons. The summed E-state index contributed by atoms with van der Waals surface area (Å²) in [6.45, 7) is 3.33. The fourth-order valence-electron chi connectivity index (χ4n) is 1.20. The van der Waals surface area contributed by atoms with Gasteiger partial charge in [0.05, 0.1) is 0 Å². The van der Waals surface area contributed by atoms with Gasteiger partial charge in [-0.05, 0) is 12.8 Å². The molecule has 0 saturated heterocycles. The van der Waals surface area contributed by atoms with Crippen LogP contribution in [0.3, 0.4) is 0 Å². The molecule has 0 aromatic carbocycles. The molecule has 0 unspecified atom stereocenters. The first-order valence-electron chi connectivity index (χ1n) is 3.56. The van der Waals surface area contributed by atoms with Crippen molar-refractivity contribution in [3.63, 3.8) is 0 Å². The van der Waals surface area contributed by atoms with Crippen LogP contribution in [0.4, 0.5) is 0 Å². The number of rotatable bonds is 2. The molecule has 0 amide bonds. The monoisotopic (exact) mass is 140 g/mol. The van der Waals surface area contributed by atoms with Gasteiger partial charge in [-0.1, -0.05) is 0 Å². The van der Waals surface area contributed by atoms with Gasteiger partial charge in [0.15, 0.2) is 0 Å². The summed E-state index contributed by atoms with van der Waals surface area (Å²) in [5, 5.41) is 3.57. The lowest BCUT2D eigenvalue weighted by atomic mass is 9.95. The molecule has 0 atom stereocenters. The van der Waals surface area contributed by atoms with E-state index in [9.17, 15) is 4.79 Å². The topological polar surface area (TPSA) is 41.5 Å². The van der Waals surface area contributed by atoms with Crippen LogP contribution in [-0.4, -0.2) is 18.5 Å². The summed E-state index contributed by atoms with van der Waals surface area (Å²) < 4.78 is 0. The number of carbonyl (C=O) groups is 1. The van der Waals surface area contributed by atoms with E-state index in [0.717, 1.165) is 12.8 Å². The van der Waals surface area contributed by atoms with Gasteiger partial charge in [0.2, 0.25) is 0 Å². The van der Waals surface area contributed by atoms with Crippen LogP contribution in [0.15, 0.2) is 5.10 Å². The maximum absolute atomic E-state index is 10.7. The third kappa shape index (κ3) is 1.83. The van der Waals surface area contributed by atoms with Crippen molar-refractivity contribution >= 4 is 12.5 Å². The second-order valence-corrected chi connectivity index (χ2v) is 2.60. The molecule has 1 saturated carbocycles. The van der Waals surface area contributed by atoms with Crippen LogP contribution in [0.5, 0.6) is 0 Å². The smallest absolute Gasteiger partial charge is 0.133 e. The number of ketones is 1. The standard InChI is InChI=1S/C7H12N2O/c1-8-9-6-2-4-7(10)5-3-6/h6,9H,1-5H2. The van der Waals surface area contributed by atoms with Gasteiger partial charge >= 0.3 is 0 Å². The lowest BCUT2D eigenvalue weighted by Crippen LogP contribution is -2.29. The van der Waals surface area contributed by atoms with Gasteiger partial charge in [0, 0.05) is 25.6 Å². The van der Waals surface area contributed by atoms with Crippen molar-refractivity contribution in [1.29, 1.82) is 0 Å². The first-order chi connectivity index (χ1) is 4.83. The molecule has 0 aromatic rings. The van der Waals surface area contributed by atoms with Gasteiger partial charge in [-0.25, -0.2) is 0 Å². The van der Waals surface area contributed by atoms with Crippen LogP contribution in [-0.2, 0) is 4.79 Å². The zero-order valence-corrected chi connectivity index (χ0v) is 5.97. The quantitative estimate of drug-likeness (QED) is 0.453. The number of Topliss-reactive ketones (excluding diaryl/α,β-unsaturated/α-hetero) is 1. The minimum Gasteiger partial charge on any atom is -0.308 e. The van der Waals surface area contributed by atoms with Crippen molar-refractivity contribution in [1.82, 2.24) is 5.43 Å². The molecule has 0 spiro atoms. The maximum atomic E-state index is 10.7. The molecule has 3 heteroatoms. The highest BCUT2D eigenvalue weighted by molar-refractivity contribution is 5.79. The Hall–Kier alpha value is -0.860. The molecule has 10 heavy (non-hydrogen) atoms. The lowest BCUT2D eigenvalue weighted by molar-refractivity contribution is -0.120. The average Bonchev–Trinajstić information content (AvgIpc) is 1.95. The molecule has 1 fully saturated rings. The summed E-state index contributed by atoms with van der Waals surface area (Å²) in [5.74, 6) is 0.377. The largest absolute Gasteiger partial charge is 0.308 e. The van der Waals surface area contributed by atoms with Gasteiger partial charge in [0.1, 0.15) is 5.78 Å².